The molecule has 180 valence electrons. The average Bonchev–Trinajstić information content (AvgIpc) is 2.79. The van der Waals surface area contributed by atoms with Crippen molar-refractivity contribution in [2.75, 3.05) is 17.7 Å². The number of oxime groups is 1. The van der Waals surface area contributed by atoms with Crippen molar-refractivity contribution < 1.29 is 27.2 Å². The number of thioether (sulfide) groups is 1. The summed E-state index contributed by atoms with van der Waals surface area (Å²) in [6.07, 6.45) is 7.00. The maximum Gasteiger partial charge on any atom is 0.255 e. The standard InChI is InChI=1S/C24H21ClF4N2O2S/c1-14(11-30-33-12-15-3-2-4-17(26)7-15)13-34-22-8-16(5-6-19(22)25)24(32)31-18-9-20(27)23(29)21(28)10-18/h2,4-11,14-15H,3,12-13H2,1H3,(H,31,32)/b30-11+. The number of carbonyl (C=O) groups is 1. The van der Waals surface area contributed by atoms with Crippen molar-refractivity contribution >= 4 is 41.2 Å². The number of rotatable bonds is 9. The van der Waals surface area contributed by atoms with Gasteiger partial charge in [0, 0.05) is 52.1 Å². The molecule has 0 bridgehead atoms. The van der Waals surface area contributed by atoms with Gasteiger partial charge in [0.1, 0.15) is 12.4 Å². The average molecular weight is 513 g/mol. The van der Waals surface area contributed by atoms with Gasteiger partial charge in [0.25, 0.3) is 5.91 Å². The van der Waals surface area contributed by atoms with E-state index in [0.717, 1.165) is 0 Å². The first-order chi connectivity index (χ1) is 16.2. The summed E-state index contributed by atoms with van der Waals surface area (Å²) in [6.45, 7) is 2.20. The molecule has 2 aromatic rings. The lowest BCUT2D eigenvalue weighted by Gasteiger charge is -2.12. The van der Waals surface area contributed by atoms with Gasteiger partial charge < -0.3 is 10.2 Å². The van der Waals surface area contributed by atoms with Crippen molar-refractivity contribution in [1.29, 1.82) is 0 Å². The highest BCUT2D eigenvalue weighted by molar-refractivity contribution is 7.99. The van der Waals surface area contributed by atoms with Crippen LogP contribution in [0.2, 0.25) is 5.02 Å². The van der Waals surface area contributed by atoms with Gasteiger partial charge >= 0.3 is 0 Å². The van der Waals surface area contributed by atoms with Gasteiger partial charge in [-0.05, 0) is 36.8 Å². The molecule has 0 saturated carbocycles. The Hall–Kier alpha value is -2.78. The first kappa shape index (κ1) is 25.8. The molecule has 4 nitrogen and oxygen atoms in total. The van der Waals surface area contributed by atoms with Crippen LogP contribution < -0.4 is 5.32 Å². The molecule has 0 aromatic heterocycles. The lowest BCUT2D eigenvalue weighted by molar-refractivity contribution is 0.102. The molecule has 2 unspecified atom stereocenters. The number of hydrogen-bond acceptors (Lipinski definition) is 4. The molecule has 0 radical (unpaired) electrons. The zero-order valence-corrected chi connectivity index (χ0v) is 19.6. The van der Waals surface area contributed by atoms with Crippen LogP contribution in [0.5, 0.6) is 0 Å². The van der Waals surface area contributed by atoms with E-state index in [4.69, 9.17) is 16.4 Å². The number of nitrogens with one attached hydrogen (secondary N) is 1. The number of allylic oxidation sites excluding steroid dienone is 3. The number of hydrogen-bond donors (Lipinski definition) is 1. The van der Waals surface area contributed by atoms with Crippen LogP contribution in [0.1, 0.15) is 23.7 Å². The van der Waals surface area contributed by atoms with Crippen molar-refractivity contribution in [1.82, 2.24) is 0 Å². The van der Waals surface area contributed by atoms with Gasteiger partial charge in [0.2, 0.25) is 0 Å². The molecular formula is C24H21ClF4N2O2S. The summed E-state index contributed by atoms with van der Waals surface area (Å²) < 4.78 is 53.1. The van der Waals surface area contributed by atoms with Crippen LogP contribution in [0, 0.1) is 29.3 Å². The van der Waals surface area contributed by atoms with Crippen LogP contribution in [0.15, 0.2) is 64.4 Å². The van der Waals surface area contributed by atoms with Gasteiger partial charge in [-0.15, -0.1) is 11.8 Å². The van der Waals surface area contributed by atoms with Crippen molar-refractivity contribution in [3.8, 4) is 0 Å². The first-order valence-corrected chi connectivity index (χ1v) is 11.7. The van der Waals surface area contributed by atoms with E-state index in [0.29, 0.717) is 34.2 Å². The van der Waals surface area contributed by atoms with E-state index in [1.165, 1.54) is 36.0 Å². The van der Waals surface area contributed by atoms with E-state index >= 15 is 0 Å². The second kappa shape index (κ2) is 12.1. The Morgan fingerprint density at radius 1 is 1.26 bits per heavy atom. The van der Waals surface area contributed by atoms with Crippen LogP contribution in [-0.4, -0.2) is 24.5 Å². The molecule has 0 spiro atoms. The molecule has 10 heteroatoms. The molecule has 1 amide bonds. The highest BCUT2D eigenvalue weighted by Gasteiger charge is 2.15. The zero-order chi connectivity index (χ0) is 24.7. The summed E-state index contributed by atoms with van der Waals surface area (Å²) in [5, 5.41) is 6.70. The molecule has 0 aliphatic heterocycles. The Labute approximate surface area is 203 Å². The largest absolute Gasteiger partial charge is 0.395 e. The Morgan fingerprint density at radius 3 is 2.71 bits per heavy atom. The van der Waals surface area contributed by atoms with Gasteiger partial charge in [0.15, 0.2) is 17.5 Å². The van der Waals surface area contributed by atoms with E-state index in [9.17, 15) is 22.4 Å². The Bertz CT molecular complexity index is 1120. The molecule has 2 aromatic carbocycles. The van der Waals surface area contributed by atoms with Crippen molar-refractivity contribution in [2.24, 2.45) is 17.0 Å². The minimum absolute atomic E-state index is 0.00208. The van der Waals surface area contributed by atoms with Crippen molar-refractivity contribution in [2.45, 2.75) is 18.2 Å². The van der Waals surface area contributed by atoms with Crippen LogP contribution in [0.4, 0.5) is 23.2 Å². The molecule has 1 N–H and O–H groups in total. The molecule has 2 atom stereocenters. The second-order valence-corrected chi connectivity index (χ2v) is 9.11. The number of benzene rings is 2. The minimum Gasteiger partial charge on any atom is -0.395 e. The van der Waals surface area contributed by atoms with Crippen LogP contribution in [-0.2, 0) is 4.84 Å². The number of carbonyl (C=O) groups excluding carboxylic acids is 1. The monoisotopic (exact) mass is 512 g/mol. The molecule has 3 rings (SSSR count). The van der Waals surface area contributed by atoms with Gasteiger partial charge in [-0.25, -0.2) is 17.6 Å². The highest BCUT2D eigenvalue weighted by Crippen LogP contribution is 2.30. The summed E-state index contributed by atoms with van der Waals surface area (Å²) >= 11 is 7.62. The lowest BCUT2D eigenvalue weighted by Crippen LogP contribution is -2.13. The van der Waals surface area contributed by atoms with Gasteiger partial charge in [-0.1, -0.05) is 29.8 Å². The van der Waals surface area contributed by atoms with E-state index in [1.807, 2.05) is 6.92 Å². The molecule has 0 heterocycles. The molecule has 34 heavy (non-hydrogen) atoms. The molecule has 0 saturated heterocycles. The maximum absolute atomic E-state index is 13.4. The van der Waals surface area contributed by atoms with Gasteiger partial charge in [0.05, 0.1) is 5.02 Å². The fourth-order valence-corrected chi connectivity index (χ4v) is 4.18. The zero-order valence-electron chi connectivity index (χ0n) is 18.0. The fourth-order valence-electron chi connectivity index (χ4n) is 2.96. The van der Waals surface area contributed by atoms with Crippen LogP contribution in [0.25, 0.3) is 0 Å². The second-order valence-electron chi connectivity index (χ2n) is 7.64. The lowest BCUT2D eigenvalue weighted by atomic mass is 10.0. The first-order valence-electron chi connectivity index (χ1n) is 10.3. The molecular weight excluding hydrogens is 492 g/mol. The number of anilines is 1. The van der Waals surface area contributed by atoms with Crippen molar-refractivity contribution in [3.63, 3.8) is 0 Å². The minimum atomic E-state index is -1.61. The van der Waals surface area contributed by atoms with Crippen LogP contribution in [0.3, 0.4) is 0 Å². The topological polar surface area (TPSA) is 50.7 Å². The molecule has 1 aliphatic rings. The third kappa shape index (κ3) is 7.36. The molecule has 1 aliphatic carbocycles. The Balaban J connectivity index is 1.53. The smallest absolute Gasteiger partial charge is 0.255 e. The van der Waals surface area contributed by atoms with Gasteiger partial charge in [-0.2, -0.15) is 0 Å². The Kier molecular flexibility index (Phi) is 9.18. The summed E-state index contributed by atoms with van der Waals surface area (Å²) in [6, 6.07) is 5.95. The maximum atomic E-state index is 13.4. The Morgan fingerprint density at radius 2 is 2.00 bits per heavy atom. The van der Waals surface area contributed by atoms with Crippen molar-refractivity contribution in [3.05, 3.63) is 82.4 Å². The summed E-state index contributed by atoms with van der Waals surface area (Å²) in [7, 11) is 0. The summed E-state index contributed by atoms with van der Waals surface area (Å²) in [4.78, 5) is 18.4. The van der Waals surface area contributed by atoms with Crippen LogP contribution >= 0.6 is 23.4 Å². The van der Waals surface area contributed by atoms with Gasteiger partial charge in [-0.3, -0.25) is 4.79 Å². The third-order valence-electron chi connectivity index (χ3n) is 4.73. The predicted octanol–water partition coefficient (Wildman–Crippen LogP) is 7.17. The number of halogens is 5. The fraction of sp³-hybridized carbons (Fsp3) is 0.250. The molecule has 0 fully saturated rings. The van der Waals surface area contributed by atoms with E-state index in [2.05, 4.69) is 10.5 Å². The summed E-state index contributed by atoms with van der Waals surface area (Å²) in [5.74, 6) is -4.80. The third-order valence-corrected chi connectivity index (χ3v) is 6.51. The number of amides is 1. The number of nitrogens with zero attached hydrogens (tertiary/aromatic N) is 1. The SMILES string of the molecule is CC(/C=N/OCC1C=C(F)C=CC1)CSc1cc(C(=O)Nc2cc(F)c(F)c(F)c2)ccc1Cl. The highest BCUT2D eigenvalue weighted by atomic mass is 35.5. The van der Waals surface area contributed by atoms with E-state index in [-0.39, 0.29) is 35.5 Å². The normalized spacial score (nSPS) is 16.4. The van der Waals surface area contributed by atoms with E-state index < -0.39 is 23.4 Å². The quantitative estimate of drug-likeness (QED) is 0.127. The summed E-state index contributed by atoms with van der Waals surface area (Å²) in [5.41, 5.74) is 0.00128. The predicted molar refractivity (Wildman–Crippen MR) is 126 cm³/mol. The van der Waals surface area contributed by atoms with E-state index in [1.54, 1.807) is 18.4 Å².